The Hall–Kier alpha value is -2.24. The second-order valence-electron chi connectivity index (χ2n) is 3.62. The zero-order valence-electron chi connectivity index (χ0n) is 9.50. The Balaban J connectivity index is 1.96. The molecule has 0 unspecified atom stereocenters. The SMILES string of the molecule is Fc1cc(F)cc(OCOc2cc(F)cc(F)c2)c1. The molecule has 19 heavy (non-hydrogen) atoms. The molecule has 0 spiro atoms. The van der Waals surface area contributed by atoms with Crippen molar-refractivity contribution < 1.29 is 27.0 Å². The van der Waals surface area contributed by atoms with Gasteiger partial charge in [0.1, 0.15) is 34.8 Å². The topological polar surface area (TPSA) is 18.5 Å². The molecule has 2 aromatic rings. The smallest absolute Gasteiger partial charge is 0.230 e. The minimum absolute atomic E-state index is 0.0885. The van der Waals surface area contributed by atoms with E-state index in [1.807, 2.05) is 0 Å². The summed E-state index contributed by atoms with van der Waals surface area (Å²) in [5.41, 5.74) is 0. The Kier molecular flexibility index (Phi) is 3.89. The predicted molar refractivity (Wildman–Crippen MR) is 58.8 cm³/mol. The van der Waals surface area contributed by atoms with Gasteiger partial charge < -0.3 is 9.47 Å². The summed E-state index contributed by atoms with van der Waals surface area (Å²) >= 11 is 0. The van der Waals surface area contributed by atoms with E-state index in [4.69, 9.17) is 9.47 Å². The maximum absolute atomic E-state index is 12.8. The van der Waals surface area contributed by atoms with Crippen LogP contribution in [0, 0.1) is 23.3 Å². The summed E-state index contributed by atoms with van der Waals surface area (Å²) < 4.78 is 61.1. The summed E-state index contributed by atoms with van der Waals surface area (Å²) in [6, 6.07) is 5.21. The highest BCUT2D eigenvalue weighted by atomic mass is 19.1. The van der Waals surface area contributed by atoms with E-state index >= 15 is 0 Å². The van der Waals surface area contributed by atoms with Crippen molar-refractivity contribution in [3.8, 4) is 11.5 Å². The summed E-state index contributed by atoms with van der Waals surface area (Å²) in [5, 5.41) is 0. The summed E-state index contributed by atoms with van der Waals surface area (Å²) in [6.45, 7) is -0.439. The van der Waals surface area contributed by atoms with Gasteiger partial charge >= 0.3 is 0 Å². The minimum atomic E-state index is -0.799. The van der Waals surface area contributed by atoms with Crippen molar-refractivity contribution in [2.24, 2.45) is 0 Å². The maximum Gasteiger partial charge on any atom is 0.230 e. The van der Waals surface area contributed by atoms with Gasteiger partial charge in [0.05, 0.1) is 0 Å². The quantitative estimate of drug-likeness (QED) is 0.624. The van der Waals surface area contributed by atoms with Gasteiger partial charge in [0.25, 0.3) is 0 Å². The molecule has 6 heteroatoms. The number of benzene rings is 2. The lowest BCUT2D eigenvalue weighted by atomic mass is 10.3. The molecular formula is C13H8F4O2. The fourth-order valence-corrected chi connectivity index (χ4v) is 1.39. The van der Waals surface area contributed by atoms with Crippen LogP contribution in [-0.4, -0.2) is 6.79 Å². The average molecular weight is 272 g/mol. The molecular weight excluding hydrogens is 264 g/mol. The Morgan fingerprint density at radius 3 is 1.21 bits per heavy atom. The van der Waals surface area contributed by atoms with Crippen LogP contribution in [0.2, 0.25) is 0 Å². The van der Waals surface area contributed by atoms with Crippen LogP contribution in [-0.2, 0) is 0 Å². The molecule has 2 rings (SSSR count). The Morgan fingerprint density at radius 1 is 0.579 bits per heavy atom. The van der Waals surface area contributed by atoms with Crippen LogP contribution < -0.4 is 9.47 Å². The standard InChI is InChI=1S/C13H8F4O2/c14-8-1-9(15)4-12(3-8)18-7-19-13-5-10(16)2-11(17)6-13/h1-6H,7H2. The second-order valence-corrected chi connectivity index (χ2v) is 3.62. The van der Waals surface area contributed by atoms with Crippen molar-refractivity contribution in [2.75, 3.05) is 6.79 Å². The fourth-order valence-electron chi connectivity index (χ4n) is 1.39. The van der Waals surface area contributed by atoms with Crippen molar-refractivity contribution in [2.45, 2.75) is 0 Å². The zero-order valence-corrected chi connectivity index (χ0v) is 9.50. The van der Waals surface area contributed by atoms with Gasteiger partial charge in [0, 0.05) is 36.4 Å². The van der Waals surface area contributed by atoms with Gasteiger partial charge in [-0.1, -0.05) is 0 Å². The van der Waals surface area contributed by atoms with E-state index in [1.165, 1.54) is 0 Å². The van der Waals surface area contributed by atoms with Crippen LogP contribution in [0.4, 0.5) is 17.6 Å². The first-order chi connectivity index (χ1) is 9.02. The van der Waals surface area contributed by atoms with Crippen LogP contribution in [0.5, 0.6) is 11.5 Å². The first-order valence-corrected chi connectivity index (χ1v) is 5.21. The van der Waals surface area contributed by atoms with E-state index in [2.05, 4.69) is 0 Å². The van der Waals surface area contributed by atoms with Crippen LogP contribution in [0.25, 0.3) is 0 Å². The molecule has 0 fully saturated rings. The van der Waals surface area contributed by atoms with Gasteiger partial charge in [-0.15, -0.1) is 0 Å². The number of ether oxygens (including phenoxy) is 2. The molecule has 0 saturated heterocycles. The van der Waals surface area contributed by atoms with Gasteiger partial charge in [-0.25, -0.2) is 17.6 Å². The third-order valence-corrected chi connectivity index (χ3v) is 2.12. The molecule has 0 aliphatic rings. The monoisotopic (exact) mass is 272 g/mol. The Bertz CT molecular complexity index is 495. The highest BCUT2D eigenvalue weighted by Gasteiger charge is 2.04. The van der Waals surface area contributed by atoms with Gasteiger partial charge in [-0.05, 0) is 0 Å². The van der Waals surface area contributed by atoms with Gasteiger partial charge in [-0.2, -0.15) is 0 Å². The lowest BCUT2D eigenvalue weighted by molar-refractivity contribution is 0.118. The Morgan fingerprint density at radius 2 is 0.895 bits per heavy atom. The van der Waals surface area contributed by atoms with E-state index in [-0.39, 0.29) is 11.5 Å². The van der Waals surface area contributed by atoms with E-state index < -0.39 is 30.1 Å². The molecule has 0 N–H and O–H groups in total. The van der Waals surface area contributed by atoms with Gasteiger partial charge in [0.15, 0.2) is 0 Å². The molecule has 2 nitrogen and oxygen atoms in total. The molecule has 0 aromatic heterocycles. The lowest BCUT2D eigenvalue weighted by Gasteiger charge is -2.08. The summed E-state index contributed by atoms with van der Waals surface area (Å²) in [4.78, 5) is 0. The van der Waals surface area contributed by atoms with Crippen molar-refractivity contribution in [1.82, 2.24) is 0 Å². The van der Waals surface area contributed by atoms with E-state index in [0.717, 1.165) is 24.3 Å². The number of hydrogen-bond acceptors (Lipinski definition) is 2. The molecule has 2 aromatic carbocycles. The van der Waals surface area contributed by atoms with Crippen LogP contribution in [0.1, 0.15) is 0 Å². The summed E-state index contributed by atoms with van der Waals surface area (Å²) in [5.74, 6) is -3.37. The van der Waals surface area contributed by atoms with Gasteiger partial charge in [-0.3, -0.25) is 0 Å². The normalized spacial score (nSPS) is 10.3. The minimum Gasteiger partial charge on any atom is -0.457 e. The second kappa shape index (κ2) is 5.60. The van der Waals surface area contributed by atoms with Crippen molar-refractivity contribution in [3.05, 3.63) is 59.7 Å². The van der Waals surface area contributed by atoms with Gasteiger partial charge in [0.2, 0.25) is 6.79 Å². The van der Waals surface area contributed by atoms with Crippen molar-refractivity contribution in [3.63, 3.8) is 0 Å². The number of rotatable bonds is 4. The van der Waals surface area contributed by atoms with E-state index in [9.17, 15) is 17.6 Å². The molecule has 0 bridgehead atoms. The molecule has 0 saturated carbocycles. The van der Waals surface area contributed by atoms with Crippen LogP contribution in [0.3, 0.4) is 0 Å². The fraction of sp³-hybridized carbons (Fsp3) is 0.0769. The molecule has 0 radical (unpaired) electrons. The summed E-state index contributed by atoms with van der Waals surface area (Å²) in [7, 11) is 0. The summed E-state index contributed by atoms with van der Waals surface area (Å²) in [6.07, 6.45) is 0. The van der Waals surface area contributed by atoms with Crippen molar-refractivity contribution in [1.29, 1.82) is 0 Å². The largest absolute Gasteiger partial charge is 0.457 e. The average Bonchev–Trinajstić information content (AvgIpc) is 2.26. The highest BCUT2D eigenvalue weighted by molar-refractivity contribution is 5.25. The molecule has 0 aliphatic heterocycles. The Labute approximate surface area is 106 Å². The zero-order chi connectivity index (χ0) is 13.8. The number of halogens is 4. The molecule has 0 amide bonds. The number of hydrogen-bond donors (Lipinski definition) is 0. The third-order valence-electron chi connectivity index (χ3n) is 2.12. The first-order valence-electron chi connectivity index (χ1n) is 5.21. The van der Waals surface area contributed by atoms with E-state index in [1.54, 1.807) is 0 Å². The van der Waals surface area contributed by atoms with Crippen molar-refractivity contribution >= 4 is 0 Å². The first kappa shape index (κ1) is 13.2. The predicted octanol–water partition coefficient (Wildman–Crippen LogP) is 3.66. The lowest BCUT2D eigenvalue weighted by Crippen LogP contribution is -2.06. The molecule has 0 atom stereocenters. The maximum atomic E-state index is 12.8. The van der Waals surface area contributed by atoms with Crippen LogP contribution >= 0.6 is 0 Å². The molecule has 100 valence electrons. The molecule has 0 aliphatic carbocycles. The molecule has 0 heterocycles. The highest BCUT2D eigenvalue weighted by Crippen LogP contribution is 2.18. The van der Waals surface area contributed by atoms with Crippen LogP contribution in [0.15, 0.2) is 36.4 Å². The van der Waals surface area contributed by atoms with E-state index in [0.29, 0.717) is 12.1 Å². The third kappa shape index (κ3) is 3.87.